The highest BCUT2D eigenvalue weighted by molar-refractivity contribution is 7.19. The van der Waals surface area contributed by atoms with E-state index in [0.717, 1.165) is 90.5 Å². The first-order valence-electron chi connectivity index (χ1n) is 12.4. The topological polar surface area (TPSA) is 107 Å². The van der Waals surface area contributed by atoms with Gasteiger partial charge in [0.2, 0.25) is 0 Å². The summed E-state index contributed by atoms with van der Waals surface area (Å²) in [6, 6.07) is 5.85. The van der Waals surface area contributed by atoms with Gasteiger partial charge in [-0.1, -0.05) is 11.3 Å². The summed E-state index contributed by atoms with van der Waals surface area (Å²) < 4.78 is 6.12. The molecule has 6 rings (SSSR count). The van der Waals surface area contributed by atoms with E-state index in [9.17, 15) is 9.90 Å². The lowest BCUT2D eigenvalue weighted by molar-refractivity contribution is -0.0654. The van der Waals surface area contributed by atoms with Gasteiger partial charge < -0.3 is 20.1 Å². The van der Waals surface area contributed by atoms with Gasteiger partial charge in [-0.15, -0.1) is 11.3 Å². The van der Waals surface area contributed by atoms with Crippen LogP contribution in [0.25, 0.3) is 20.4 Å². The summed E-state index contributed by atoms with van der Waals surface area (Å²) in [6.07, 6.45) is 3.91. The van der Waals surface area contributed by atoms with Crippen LogP contribution in [-0.4, -0.2) is 82.5 Å². The van der Waals surface area contributed by atoms with Gasteiger partial charge in [0.25, 0.3) is 0 Å². The standard InChI is InChI=1S/C25H30N6O3S2/c1-34-11-10-30-6-8-31(9-7-30)24(32)15-2-4-17-19(12-15)35-23-21(17)22(26-14-27-23)28-16-3-5-18-20(13-16)36-25(33)29-18/h3,5,13-15,24,32H,2,4,6-12H2,1H3,(H,29,33)(H,26,27,28)/t15-,24?/m0/s1. The van der Waals surface area contributed by atoms with Crippen molar-refractivity contribution in [2.75, 3.05) is 51.8 Å². The summed E-state index contributed by atoms with van der Waals surface area (Å²) in [5, 5.41) is 15.8. The fourth-order valence-electron chi connectivity index (χ4n) is 5.41. The first-order chi connectivity index (χ1) is 17.6. The van der Waals surface area contributed by atoms with Crippen LogP contribution in [-0.2, 0) is 17.6 Å². The van der Waals surface area contributed by atoms with Crippen LogP contribution in [0.1, 0.15) is 16.9 Å². The zero-order valence-corrected chi connectivity index (χ0v) is 21.8. The van der Waals surface area contributed by atoms with Crippen molar-refractivity contribution in [2.45, 2.75) is 25.5 Å². The Bertz CT molecular complexity index is 1420. The molecule has 190 valence electrons. The molecule has 1 aromatic carbocycles. The summed E-state index contributed by atoms with van der Waals surface area (Å²) >= 11 is 2.93. The highest BCUT2D eigenvalue weighted by Gasteiger charge is 2.33. The monoisotopic (exact) mass is 526 g/mol. The summed E-state index contributed by atoms with van der Waals surface area (Å²) in [6.45, 7) is 5.42. The van der Waals surface area contributed by atoms with Crippen molar-refractivity contribution in [3.05, 3.63) is 44.6 Å². The molecule has 1 aliphatic carbocycles. The molecule has 3 aromatic heterocycles. The van der Waals surface area contributed by atoms with Crippen LogP contribution in [0.4, 0.5) is 11.5 Å². The van der Waals surface area contributed by atoms with Gasteiger partial charge in [-0.05, 0) is 43.0 Å². The Labute approximate surface area is 216 Å². The number of piperazine rings is 1. The first-order valence-corrected chi connectivity index (χ1v) is 14.0. The Hall–Kier alpha value is -2.41. The van der Waals surface area contributed by atoms with Gasteiger partial charge in [0.05, 0.1) is 22.2 Å². The van der Waals surface area contributed by atoms with Gasteiger partial charge in [0, 0.05) is 56.3 Å². The highest BCUT2D eigenvalue weighted by Crippen LogP contribution is 2.41. The van der Waals surface area contributed by atoms with Crippen molar-refractivity contribution in [1.82, 2.24) is 24.8 Å². The number of rotatable bonds is 7. The minimum atomic E-state index is -0.420. The number of aromatic amines is 1. The third kappa shape index (κ3) is 4.67. The van der Waals surface area contributed by atoms with Gasteiger partial charge in [0.1, 0.15) is 23.2 Å². The molecule has 0 radical (unpaired) electrons. The van der Waals surface area contributed by atoms with E-state index in [1.54, 1.807) is 24.8 Å². The van der Waals surface area contributed by atoms with Gasteiger partial charge in [0.15, 0.2) is 0 Å². The van der Waals surface area contributed by atoms with E-state index in [4.69, 9.17) is 4.74 Å². The molecule has 1 unspecified atom stereocenters. The maximum absolute atomic E-state index is 11.7. The zero-order chi connectivity index (χ0) is 24.6. The molecule has 9 nitrogen and oxygen atoms in total. The number of aromatic nitrogens is 3. The largest absolute Gasteiger partial charge is 0.383 e. The van der Waals surface area contributed by atoms with Crippen molar-refractivity contribution < 1.29 is 9.84 Å². The van der Waals surface area contributed by atoms with E-state index in [2.05, 4.69) is 30.1 Å². The Morgan fingerprint density at radius 2 is 2.11 bits per heavy atom. The lowest BCUT2D eigenvalue weighted by Crippen LogP contribution is -2.53. The number of aliphatic hydroxyl groups excluding tert-OH is 1. The molecule has 4 aromatic rings. The van der Waals surface area contributed by atoms with E-state index in [0.29, 0.717) is 0 Å². The van der Waals surface area contributed by atoms with E-state index >= 15 is 0 Å². The number of hydrogen-bond acceptors (Lipinski definition) is 10. The SMILES string of the molecule is COCCN1CCN(C(O)[C@H]2CCc3c(sc4ncnc(Nc5ccc6[nH]c(=O)sc6c5)c34)C2)CC1. The Morgan fingerprint density at radius 3 is 2.94 bits per heavy atom. The Balaban J connectivity index is 1.19. The fraction of sp³-hybridized carbons (Fsp3) is 0.480. The molecule has 0 saturated carbocycles. The molecule has 0 amide bonds. The van der Waals surface area contributed by atoms with E-state index in [1.165, 1.54) is 21.8 Å². The number of fused-ring (bicyclic) bond motifs is 4. The van der Waals surface area contributed by atoms with Crippen molar-refractivity contribution in [3.8, 4) is 0 Å². The maximum Gasteiger partial charge on any atom is 0.305 e. The number of thiophene rings is 1. The van der Waals surface area contributed by atoms with Gasteiger partial charge in [-0.2, -0.15) is 0 Å². The van der Waals surface area contributed by atoms with E-state index in [-0.39, 0.29) is 10.8 Å². The number of nitrogens with zero attached hydrogens (tertiary/aromatic N) is 4. The lowest BCUT2D eigenvalue weighted by Gasteiger charge is -2.40. The Morgan fingerprint density at radius 1 is 1.25 bits per heavy atom. The van der Waals surface area contributed by atoms with E-state index in [1.807, 2.05) is 18.2 Å². The smallest absolute Gasteiger partial charge is 0.305 e. The van der Waals surface area contributed by atoms with Crippen molar-refractivity contribution in [3.63, 3.8) is 0 Å². The predicted molar refractivity (Wildman–Crippen MR) is 145 cm³/mol. The van der Waals surface area contributed by atoms with Crippen LogP contribution in [0, 0.1) is 5.92 Å². The number of benzene rings is 1. The average molecular weight is 527 g/mol. The third-order valence-electron chi connectivity index (χ3n) is 7.38. The van der Waals surface area contributed by atoms with Crippen LogP contribution in [0.5, 0.6) is 0 Å². The second kappa shape index (κ2) is 10.2. The normalized spacial score (nSPS) is 20.1. The maximum atomic E-state index is 11.7. The molecule has 2 atom stereocenters. The minimum Gasteiger partial charge on any atom is -0.383 e. The number of thiazole rings is 1. The zero-order valence-electron chi connectivity index (χ0n) is 20.2. The third-order valence-corrected chi connectivity index (χ3v) is 9.39. The first kappa shape index (κ1) is 24.0. The van der Waals surface area contributed by atoms with Gasteiger partial charge >= 0.3 is 4.87 Å². The molecule has 11 heteroatoms. The van der Waals surface area contributed by atoms with Crippen molar-refractivity contribution in [1.29, 1.82) is 0 Å². The van der Waals surface area contributed by atoms with Crippen LogP contribution >= 0.6 is 22.7 Å². The predicted octanol–water partition coefficient (Wildman–Crippen LogP) is 3.03. The fourth-order valence-corrected chi connectivity index (χ4v) is 7.47. The molecule has 1 saturated heterocycles. The molecule has 36 heavy (non-hydrogen) atoms. The summed E-state index contributed by atoms with van der Waals surface area (Å²) in [4.78, 5) is 30.5. The number of methoxy groups -OCH3 is 1. The molecule has 3 N–H and O–H groups in total. The molecule has 2 aliphatic rings. The quantitative estimate of drug-likeness (QED) is 0.337. The van der Waals surface area contributed by atoms with Gasteiger partial charge in [-0.25, -0.2) is 9.97 Å². The second-order valence-electron chi connectivity index (χ2n) is 9.54. The van der Waals surface area contributed by atoms with Crippen LogP contribution < -0.4 is 10.2 Å². The number of aryl methyl sites for hydroxylation is 1. The van der Waals surface area contributed by atoms with Crippen LogP contribution in [0.3, 0.4) is 0 Å². The molecular weight excluding hydrogens is 496 g/mol. The minimum absolute atomic E-state index is 0.0526. The number of nitrogens with one attached hydrogen (secondary N) is 2. The summed E-state index contributed by atoms with van der Waals surface area (Å²) in [7, 11) is 1.74. The second-order valence-corrected chi connectivity index (χ2v) is 11.6. The lowest BCUT2D eigenvalue weighted by atomic mass is 9.86. The molecule has 1 fully saturated rings. The molecular formula is C25H30N6O3S2. The molecule has 0 bridgehead atoms. The Kier molecular flexibility index (Phi) is 6.76. The van der Waals surface area contributed by atoms with Gasteiger partial charge in [-0.3, -0.25) is 14.6 Å². The van der Waals surface area contributed by atoms with Crippen molar-refractivity contribution in [2.24, 2.45) is 5.92 Å². The highest BCUT2D eigenvalue weighted by atomic mass is 32.1. The molecule has 1 aliphatic heterocycles. The van der Waals surface area contributed by atoms with Crippen LogP contribution in [0.2, 0.25) is 0 Å². The summed E-state index contributed by atoms with van der Waals surface area (Å²) in [5.74, 6) is 1.02. The molecule has 0 spiro atoms. The number of hydrogen-bond donors (Lipinski definition) is 3. The van der Waals surface area contributed by atoms with E-state index < -0.39 is 6.23 Å². The van der Waals surface area contributed by atoms with Crippen molar-refractivity contribution >= 4 is 54.6 Å². The number of ether oxygens (including phenoxy) is 1. The number of anilines is 2. The summed E-state index contributed by atoms with van der Waals surface area (Å²) in [5.41, 5.74) is 3.04. The average Bonchev–Trinajstić information content (AvgIpc) is 3.46. The van der Waals surface area contributed by atoms with Crippen LogP contribution in [0.15, 0.2) is 29.3 Å². The number of H-pyrrole nitrogens is 1. The molecule has 4 heterocycles. The number of aliphatic hydroxyl groups is 1.